The van der Waals surface area contributed by atoms with E-state index in [0.717, 1.165) is 0 Å². The van der Waals surface area contributed by atoms with Crippen LogP contribution >= 0.6 is 0 Å². The molecule has 8 heteroatoms. The summed E-state index contributed by atoms with van der Waals surface area (Å²) in [6.07, 6.45) is 3.10. The summed E-state index contributed by atoms with van der Waals surface area (Å²) in [5.74, 6) is 0.225. The van der Waals surface area contributed by atoms with Crippen molar-refractivity contribution in [1.82, 2.24) is 20.1 Å². The number of benzene rings is 1. The van der Waals surface area contributed by atoms with Gasteiger partial charge in [0.15, 0.2) is 0 Å². The number of hydrogen-bond acceptors (Lipinski definition) is 7. The summed E-state index contributed by atoms with van der Waals surface area (Å²) in [4.78, 5) is 24.1. The molecule has 110 valence electrons. The summed E-state index contributed by atoms with van der Waals surface area (Å²) in [6, 6.07) is 8.67. The van der Waals surface area contributed by atoms with E-state index in [1.165, 1.54) is 7.11 Å². The Morgan fingerprint density at radius 1 is 1.14 bits per heavy atom. The third kappa shape index (κ3) is 2.75. The average molecular weight is 297 g/mol. The molecule has 3 rings (SSSR count). The predicted octanol–water partition coefficient (Wildman–Crippen LogP) is 1.79. The first-order valence-corrected chi connectivity index (χ1v) is 6.33. The lowest BCUT2D eigenvalue weighted by Gasteiger charge is -2.07. The number of hydrogen-bond donors (Lipinski definition) is 1. The van der Waals surface area contributed by atoms with Crippen LogP contribution in [0.15, 0.2) is 47.2 Å². The standard InChI is InChI=1S/C14H11N5O3/c1-21-10-6-3-2-5-9(10)17-13(20)14-18-12(19-22-14)11-15-7-4-8-16-11/h2-8H,1H3,(H,17,20). The molecule has 3 aromatic rings. The van der Waals surface area contributed by atoms with E-state index in [2.05, 4.69) is 25.4 Å². The number of carbonyl (C=O) groups is 1. The van der Waals surface area contributed by atoms with Crippen LogP contribution in [0.3, 0.4) is 0 Å². The van der Waals surface area contributed by atoms with Gasteiger partial charge in [0.1, 0.15) is 5.75 Å². The van der Waals surface area contributed by atoms with E-state index >= 15 is 0 Å². The number of nitrogens with zero attached hydrogens (tertiary/aromatic N) is 4. The highest BCUT2D eigenvalue weighted by Gasteiger charge is 2.18. The van der Waals surface area contributed by atoms with Crippen molar-refractivity contribution in [3.63, 3.8) is 0 Å². The zero-order valence-corrected chi connectivity index (χ0v) is 11.6. The molecule has 0 saturated carbocycles. The molecule has 0 aliphatic rings. The quantitative estimate of drug-likeness (QED) is 0.782. The summed E-state index contributed by atoms with van der Waals surface area (Å²) >= 11 is 0. The second-order valence-corrected chi connectivity index (χ2v) is 4.15. The van der Waals surface area contributed by atoms with Gasteiger partial charge in [-0.15, -0.1) is 0 Å². The largest absolute Gasteiger partial charge is 0.495 e. The van der Waals surface area contributed by atoms with Gasteiger partial charge in [-0.2, -0.15) is 4.98 Å². The molecule has 0 unspecified atom stereocenters. The minimum Gasteiger partial charge on any atom is -0.495 e. The monoisotopic (exact) mass is 297 g/mol. The van der Waals surface area contributed by atoms with Crippen LogP contribution in [0.25, 0.3) is 11.6 Å². The Kier molecular flexibility index (Phi) is 3.73. The van der Waals surface area contributed by atoms with E-state index in [1.807, 2.05) is 0 Å². The van der Waals surface area contributed by atoms with E-state index in [1.54, 1.807) is 42.7 Å². The third-order valence-corrected chi connectivity index (χ3v) is 2.74. The van der Waals surface area contributed by atoms with Crippen LogP contribution in [-0.4, -0.2) is 33.1 Å². The predicted molar refractivity (Wildman–Crippen MR) is 76.3 cm³/mol. The first-order chi connectivity index (χ1) is 10.8. The molecule has 0 fully saturated rings. The molecule has 0 aliphatic carbocycles. The van der Waals surface area contributed by atoms with Crippen LogP contribution in [0.1, 0.15) is 10.7 Å². The van der Waals surface area contributed by atoms with Gasteiger partial charge in [0.05, 0.1) is 12.8 Å². The lowest BCUT2D eigenvalue weighted by atomic mass is 10.3. The first kappa shape index (κ1) is 13.7. The molecular formula is C14H11N5O3. The highest BCUT2D eigenvalue weighted by molar-refractivity contribution is 6.01. The summed E-state index contributed by atoms with van der Waals surface area (Å²) < 4.78 is 10.1. The zero-order valence-electron chi connectivity index (χ0n) is 11.6. The van der Waals surface area contributed by atoms with Crippen molar-refractivity contribution in [2.24, 2.45) is 0 Å². The van der Waals surface area contributed by atoms with Crippen molar-refractivity contribution < 1.29 is 14.1 Å². The second kappa shape index (κ2) is 6.00. The Labute approximate surface area is 125 Å². The molecule has 0 spiro atoms. The lowest BCUT2D eigenvalue weighted by Crippen LogP contribution is -2.13. The molecule has 1 N–H and O–H groups in total. The first-order valence-electron chi connectivity index (χ1n) is 6.33. The van der Waals surface area contributed by atoms with Crippen LogP contribution in [0.5, 0.6) is 5.75 Å². The van der Waals surface area contributed by atoms with Crippen LogP contribution in [0, 0.1) is 0 Å². The molecule has 0 atom stereocenters. The van der Waals surface area contributed by atoms with Crippen molar-refractivity contribution in [1.29, 1.82) is 0 Å². The number of para-hydroxylation sites is 2. The molecule has 2 heterocycles. The van der Waals surface area contributed by atoms with Crippen LogP contribution in [-0.2, 0) is 0 Å². The van der Waals surface area contributed by atoms with Crippen LogP contribution in [0.4, 0.5) is 5.69 Å². The van der Waals surface area contributed by atoms with Crippen molar-refractivity contribution in [2.45, 2.75) is 0 Å². The Morgan fingerprint density at radius 2 is 1.91 bits per heavy atom. The Balaban J connectivity index is 1.80. The topological polar surface area (TPSA) is 103 Å². The van der Waals surface area contributed by atoms with Crippen LogP contribution < -0.4 is 10.1 Å². The Bertz CT molecular complexity index is 788. The van der Waals surface area contributed by atoms with Gasteiger partial charge in [0.25, 0.3) is 0 Å². The smallest absolute Gasteiger partial charge is 0.316 e. The van der Waals surface area contributed by atoms with Crippen molar-refractivity contribution in [2.75, 3.05) is 12.4 Å². The molecular weight excluding hydrogens is 286 g/mol. The molecule has 0 saturated heterocycles. The van der Waals surface area contributed by atoms with Gasteiger partial charge < -0.3 is 14.6 Å². The molecule has 22 heavy (non-hydrogen) atoms. The molecule has 1 aromatic carbocycles. The second-order valence-electron chi connectivity index (χ2n) is 4.15. The van der Waals surface area contributed by atoms with Gasteiger partial charge in [0, 0.05) is 12.4 Å². The Morgan fingerprint density at radius 3 is 2.68 bits per heavy atom. The zero-order chi connectivity index (χ0) is 15.4. The molecule has 0 radical (unpaired) electrons. The number of ether oxygens (including phenoxy) is 1. The summed E-state index contributed by atoms with van der Waals surface area (Å²) in [5, 5.41) is 6.33. The van der Waals surface area contributed by atoms with E-state index in [4.69, 9.17) is 9.26 Å². The summed E-state index contributed by atoms with van der Waals surface area (Å²) in [7, 11) is 1.52. The lowest BCUT2D eigenvalue weighted by molar-refractivity contribution is 0.0981. The van der Waals surface area contributed by atoms with E-state index < -0.39 is 5.91 Å². The van der Waals surface area contributed by atoms with Gasteiger partial charge in [-0.05, 0) is 18.2 Å². The number of carbonyl (C=O) groups excluding carboxylic acids is 1. The number of aromatic nitrogens is 4. The molecule has 2 aromatic heterocycles. The number of nitrogens with one attached hydrogen (secondary N) is 1. The van der Waals surface area contributed by atoms with Gasteiger partial charge in [0.2, 0.25) is 11.6 Å². The number of methoxy groups -OCH3 is 1. The fourth-order valence-electron chi connectivity index (χ4n) is 1.74. The van der Waals surface area contributed by atoms with Gasteiger partial charge in [-0.25, -0.2) is 9.97 Å². The minimum atomic E-state index is -0.542. The number of anilines is 1. The number of amides is 1. The molecule has 0 aliphatic heterocycles. The molecule has 1 amide bonds. The van der Waals surface area contributed by atoms with Gasteiger partial charge >= 0.3 is 11.8 Å². The molecule has 8 nitrogen and oxygen atoms in total. The van der Waals surface area contributed by atoms with Crippen molar-refractivity contribution >= 4 is 11.6 Å². The van der Waals surface area contributed by atoms with Crippen molar-refractivity contribution in [3.05, 3.63) is 48.6 Å². The average Bonchev–Trinajstić information content (AvgIpc) is 3.06. The third-order valence-electron chi connectivity index (χ3n) is 2.74. The normalized spacial score (nSPS) is 10.2. The fourth-order valence-corrected chi connectivity index (χ4v) is 1.74. The number of rotatable bonds is 4. The van der Waals surface area contributed by atoms with Crippen LogP contribution in [0.2, 0.25) is 0 Å². The van der Waals surface area contributed by atoms with E-state index in [-0.39, 0.29) is 17.5 Å². The Hall–Kier alpha value is -3.29. The maximum atomic E-state index is 12.1. The minimum absolute atomic E-state index is 0.144. The summed E-state index contributed by atoms with van der Waals surface area (Å²) in [5.41, 5.74) is 0.505. The maximum absolute atomic E-state index is 12.1. The fraction of sp³-hybridized carbons (Fsp3) is 0.0714. The van der Waals surface area contributed by atoms with E-state index in [9.17, 15) is 4.79 Å². The van der Waals surface area contributed by atoms with Gasteiger partial charge in [-0.3, -0.25) is 4.79 Å². The summed E-state index contributed by atoms with van der Waals surface area (Å²) in [6.45, 7) is 0. The highest BCUT2D eigenvalue weighted by Crippen LogP contribution is 2.23. The highest BCUT2D eigenvalue weighted by atomic mass is 16.5. The van der Waals surface area contributed by atoms with E-state index in [0.29, 0.717) is 11.4 Å². The maximum Gasteiger partial charge on any atom is 0.316 e. The van der Waals surface area contributed by atoms with Crippen molar-refractivity contribution in [3.8, 4) is 17.4 Å². The SMILES string of the molecule is COc1ccccc1NC(=O)c1nc(-c2ncccn2)no1. The molecule has 0 bridgehead atoms. The van der Waals surface area contributed by atoms with Gasteiger partial charge in [-0.1, -0.05) is 17.3 Å².